The summed E-state index contributed by atoms with van der Waals surface area (Å²) in [6.07, 6.45) is -1.59. The number of carboxylic acid groups (broad SMARTS) is 3. The lowest BCUT2D eigenvalue weighted by atomic mass is 10.0. The molecular weight excluding hydrogens is 206 g/mol. The molecular formula is C8H11NO6. The maximum Gasteiger partial charge on any atom is 0.408 e. The average Bonchev–Trinajstić information content (AvgIpc) is 2.42. The van der Waals surface area contributed by atoms with E-state index < -0.39 is 36.0 Å². The lowest BCUT2D eigenvalue weighted by molar-refractivity contribution is -0.142. The Morgan fingerprint density at radius 2 is 1.67 bits per heavy atom. The molecule has 1 fully saturated rings. The quantitative estimate of drug-likeness (QED) is 0.595. The van der Waals surface area contributed by atoms with Crippen molar-refractivity contribution in [3.63, 3.8) is 0 Å². The second-order valence-corrected chi connectivity index (χ2v) is 3.46. The summed E-state index contributed by atoms with van der Waals surface area (Å²) in [5, 5.41) is 26.3. The number of nitrogens with zero attached hydrogens (tertiary/aromatic N) is 1. The molecule has 15 heavy (non-hydrogen) atoms. The highest BCUT2D eigenvalue weighted by atomic mass is 16.4. The van der Waals surface area contributed by atoms with Crippen LogP contribution >= 0.6 is 0 Å². The molecule has 1 heterocycles. The molecule has 0 saturated carbocycles. The van der Waals surface area contributed by atoms with Crippen molar-refractivity contribution in [1.29, 1.82) is 0 Å². The molecule has 1 aliphatic rings. The normalized spacial score (nSPS) is 30.2. The molecule has 3 N–H and O–H groups in total. The van der Waals surface area contributed by atoms with Gasteiger partial charge in [-0.2, -0.15) is 0 Å². The Bertz CT molecular complexity index is 314. The molecule has 1 saturated heterocycles. The van der Waals surface area contributed by atoms with E-state index in [0.717, 1.165) is 0 Å². The van der Waals surface area contributed by atoms with Gasteiger partial charge in [0.25, 0.3) is 0 Å². The van der Waals surface area contributed by atoms with Gasteiger partial charge in [0.15, 0.2) is 0 Å². The third-order valence-electron chi connectivity index (χ3n) is 2.66. The van der Waals surface area contributed by atoms with Crippen LogP contribution in [0.2, 0.25) is 0 Å². The second-order valence-electron chi connectivity index (χ2n) is 3.46. The van der Waals surface area contributed by atoms with Gasteiger partial charge >= 0.3 is 18.0 Å². The van der Waals surface area contributed by atoms with Gasteiger partial charge in [0.1, 0.15) is 6.04 Å². The lowest BCUT2D eigenvalue weighted by Crippen LogP contribution is -2.44. The maximum atomic E-state index is 10.8. The van der Waals surface area contributed by atoms with Crippen LogP contribution in [0.3, 0.4) is 0 Å². The molecule has 0 aromatic carbocycles. The van der Waals surface area contributed by atoms with Gasteiger partial charge < -0.3 is 15.3 Å². The molecule has 3 atom stereocenters. The summed E-state index contributed by atoms with van der Waals surface area (Å²) in [6, 6.07) is -2.08. The van der Waals surface area contributed by atoms with Crippen molar-refractivity contribution in [2.24, 2.45) is 5.92 Å². The predicted octanol–water partition coefficient (Wildman–Crippen LogP) is -0.0874. The summed E-state index contributed by atoms with van der Waals surface area (Å²) >= 11 is 0. The van der Waals surface area contributed by atoms with Crippen LogP contribution in [0.4, 0.5) is 4.79 Å². The summed E-state index contributed by atoms with van der Waals surface area (Å²) in [5.74, 6) is -3.44. The van der Waals surface area contributed by atoms with E-state index in [0.29, 0.717) is 4.90 Å². The standard InChI is InChI=1S/C8H11NO6/c1-3-4(6(10)11)2-5(7(12)13)9(3)8(14)15/h3-5H,2H2,1H3,(H,10,11)(H,12,13)(H,14,15)/t3-,4-,5-/m0/s1. The van der Waals surface area contributed by atoms with Crippen molar-refractivity contribution in [2.45, 2.75) is 25.4 Å². The molecule has 7 heteroatoms. The van der Waals surface area contributed by atoms with Crippen LogP contribution in [0.1, 0.15) is 13.3 Å². The van der Waals surface area contributed by atoms with Crippen molar-refractivity contribution in [3.05, 3.63) is 0 Å². The first kappa shape index (κ1) is 11.3. The van der Waals surface area contributed by atoms with Gasteiger partial charge in [0, 0.05) is 6.04 Å². The summed E-state index contributed by atoms with van der Waals surface area (Å²) in [4.78, 5) is 32.9. The van der Waals surface area contributed by atoms with Crippen molar-refractivity contribution >= 4 is 18.0 Å². The fourth-order valence-electron chi connectivity index (χ4n) is 1.86. The van der Waals surface area contributed by atoms with E-state index in [1.165, 1.54) is 6.92 Å². The smallest absolute Gasteiger partial charge is 0.408 e. The Kier molecular flexibility index (Phi) is 2.83. The zero-order valence-corrected chi connectivity index (χ0v) is 7.95. The molecule has 84 valence electrons. The van der Waals surface area contributed by atoms with Gasteiger partial charge in [-0.25, -0.2) is 9.59 Å². The first-order chi connectivity index (χ1) is 6.86. The monoisotopic (exact) mass is 217 g/mol. The molecule has 0 aliphatic carbocycles. The molecule has 0 aromatic rings. The Morgan fingerprint density at radius 1 is 1.13 bits per heavy atom. The van der Waals surface area contributed by atoms with Gasteiger partial charge in [-0.15, -0.1) is 0 Å². The first-order valence-electron chi connectivity index (χ1n) is 4.33. The number of aliphatic carboxylic acids is 2. The van der Waals surface area contributed by atoms with Crippen molar-refractivity contribution in [1.82, 2.24) is 4.90 Å². The molecule has 1 amide bonds. The summed E-state index contributed by atoms with van der Waals surface area (Å²) < 4.78 is 0. The number of hydrogen-bond acceptors (Lipinski definition) is 3. The first-order valence-corrected chi connectivity index (χ1v) is 4.33. The van der Waals surface area contributed by atoms with Crippen LogP contribution in [-0.2, 0) is 9.59 Å². The lowest BCUT2D eigenvalue weighted by Gasteiger charge is -2.22. The van der Waals surface area contributed by atoms with Gasteiger partial charge in [-0.3, -0.25) is 9.69 Å². The number of hydrogen-bond donors (Lipinski definition) is 3. The SMILES string of the molecule is C[C@H]1[C@@H](C(=O)O)C[C@@H](C(=O)O)N1C(=O)O. The highest BCUT2D eigenvalue weighted by molar-refractivity contribution is 5.83. The van der Waals surface area contributed by atoms with E-state index in [-0.39, 0.29) is 6.42 Å². The molecule has 0 aromatic heterocycles. The third-order valence-corrected chi connectivity index (χ3v) is 2.66. The van der Waals surface area contributed by atoms with Crippen molar-refractivity contribution in [2.75, 3.05) is 0 Å². The van der Waals surface area contributed by atoms with E-state index in [1.54, 1.807) is 0 Å². The van der Waals surface area contributed by atoms with Crippen LogP contribution in [-0.4, -0.2) is 50.3 Å². The van der Waals surface area contributed by atoms with Gasteiger partial charge in [-0.1, -0.05) is 0 Å². The molecule has 7 nitrogen and oxygen atoms in total. The van der Waals surface area contributed by atoms with Gasteiger partial charge in [0.05, 0.1) is 5.92 Å². The van der Waals surface area contributed by atoms with Gasteiger partial charge in [0.2, 0.25) is 0 Å². The van der Waals surface area contributed by atoms with Crippen LogP contribution in [0.25, 0.3) is 0 Å². The van der Waals surface area contributed by atoms with E-state index in [1.807, 2.05) is 0 Å². The topological polar surface area (TPSA) is 115 Å². The minimum atomic E-state index is -1.40. The molecule has 1 aliphatic heterocycles. The number of carboxylic acids is 2. The average molecular weight is 217 g/mol. The molecule has 0 spiro atoms. The van der Waals surface area contributed by atoms with Crippen LogP contribution in [0, 0.1) is 5.92 Å². The highest BCUT2D eigenvalue weighted by Crippen LogP contribution is 2.30. The van der Waals surface area contributed by atoms with E-state index in [2.05, 4.69) is 0 Å². The third kappa shape index (κ3) is 1.85. The fourth-order valence-corrected chi connectivity index (χ4v) is 1.86. The van der Waals surface area contributed by atoms with E-state index in [9.17, 15) is 14.4 Å². The zero-order valence-electron chi connectivity index (χ0n) is 7.95. The van der Waals surface area contributed by atoms with Crippen molar-refractivity contribution in [3.8, 4) is 0 Å². The number of carbonyl (C=O) groups is 3. The summed E-state index contributed by atoms with van der Waals surface area (Å²) in [6.45, 7) is 1.40. The van der Waals surface area contributed by atoms with E-state index in [4.69, 9.17) is 15.3 Å². The largest absolute Gasteiger partial charge is 0.481 e. The molecule has 1 rings (SSSR count). The van der Waals surface area contributed by atoms with Crippen LogP contribution < -0.4 is 0 Å². The summed E-state index contributed by atoms with van der Waals surface area (Å²) in [5.41, 5.74) is 0. The fraction of sp³-hybridized carbons (Fsp3) is 0.625. The maximum absolute atomic E-state index is 10.8. The number of rotatable bonds is 2. The van der Waals surface area contributed by atoms with Crippen LogP contribution in [0.5, 0.6) is 0 Å². The highest BCUT2D eigenvalue weighted by Gasteiger charge is 2.48. The Balaban J connectivity index is 2.97. The van der Waals surface area contributed by atoms with Gasteiger partial charge in [-0.05, 0) is 13.3 Å². The second kappa shape index (κ2) is 3.76. The Labute approximate surface area is 84.9 Å². The zero-order chi connectivity index (χ0) is 11.7. The Morgan fingerprint density at radius 3 is 1.93 bits per heavy atom. The number of likely N-dealkylation sites (tertiary alicyclic amines) is 1. The van der Waals surface area contributed by atoms with E-state index >= 15 is 0 Å². The predicted molar refractivity (Wildman–Crippen MR) is 46.5 cm³/mol. The van der Waals surface area contributed by atoms with Crippen LogP contribution in [0.15, 0.2) is 0 Å². The minimum Gasteiger partial charge on any atom is -0.481 e. The Hall–Kier alpha value is -1.79. The van der Waals surface area contributed by atoms with Crippen molar-refractivity contribution < 1.29 is 29.7 Å². The molecule has 0 unspecified atom stereocenters. The number of amides is 1. The molecule has 0 radical (unpaired) electrons. The minimum absolute atomic E-state index is 0.182. The molecule has 0 bridgehead atoms. The summed E-state index contributed by atoms with van der Waals surface area (Å²) in [7, 11) is 0.